The molecule has 21 nitrogen and oxygen atoms in total. The Morgan fingerprint density at radius 3 is 2.06 bits per heavy atom. The van der Waals surface area contributed by atoms with Gasteiger partial charge in [0, 0.05) is 30.0 Å². The molecule has 1 aliphatic heterocycles. The molecule has 1 fully saturated rings. The number of aliphatic imine (C=N–C) groups is 1. The second-order valence-corrected chi connectivity index (χ2v) is 21.9. The summed E-state index contributed by atoms with van der Waals surface area (Å²) in [5, 5.41) is 22.0. The van der Waals surface area contributed by atoms with Gasteiger partial charge in [-0.3, -0.25) is 33.8 Å². The molecule has 1 saturated carbocycles. The third-order valence-corrected chi connectivity index (χ3v) is 13.2. The molecule has 4 rings (SSSR count). The number of carboxylic acid groups (broad SMARTS) is 1. The molecule has 1 aromatic rings. The molecule has 68 heavy (non-hydrogen) atoms. The van der Waals surface area contributed by atoms with Crippen LogP contribution in [-0.2, 0) is 59.5 Å². The average Bonchev–Trinajstić information content (AvgIpc) is 3.94. The van der Waals surface area contributed by atoms with Crippen LogP contribution >= 0.6 is 0 Å². The normalized spacial score (nSPS) is 19.7. The van der Waals surface area contributed by atoms with Crippen molar-refractivity contribution in [1.82, 2.24) is 31.3 Å². The summed E-state index contributed by atoms with van der Waals surface area (Å²) in [6.45, 7) is 17.1. The van der Waals surface area contributed by atoms with Gasteiger partial charge in [0.25, 0.3) is 10.0 Å². The Kier molecular flexibility index (Phi) is 17.8. The number of hydrogen-bond acceptors (Lipinski definition) is 13. The summed E-state index contributed by atoms with van der Waals surface area (Å²) in [6, 6.07) is -4.51. The fourth-order valence-electron chi connectivity index (χ4n) is 8.36. The van der Waals surface area contributed by atoms with E-state index in [1.54, 1.807) is 55.4 Å². The first-order chi connectivity index (χ1) is 31.4. The Bertz CT molecular complexity index is 2300. The monoisotopic (exact) mass is 974 g/mol. The molecule has 0 saturated heterocycles. The lowest BCUT2D eigenvalue weighted by molar-refractivity contribution is -0.156. The molecule has 1 heterocycles. The first kappa shape index (κ1) is 54.8. The molecular weight excluding hydrogens is 905 g/mol. The highest BCUT2D eigenvalue weighted by Crippen LogP contribution is 2.44. The minimum Gasteiger partial charge on any atom is -0.487 e. The van der Waals surface area contributed by atoms with Gasteiger partial charge in [-0.25, -0.2) is 17.9 Å². The largest absolute Gasteiger partial charge is 0.487 e. The lowest BCUT2D eigenvalue weighted by Gasteiger charge is -2.26. The third kappa shape index (κ3) is 15.6. The second kappa shape index (κ2) is 22.1. The van der Waals surface area contributed by atoms with Gasteiger partial charge in [-0.2, -0.15) is 0 Å². The number of aliphatic carboxylic acids is 1. The van der Waals surface area contributed by atoms with Gasteiger partial charge in [-0.1, -0.05) is 12.2 Å². The molecule has 0 spiro atoms. The summed E-state index contributed by atoms with van der Waals surface area (Å²) >= 11 is 0. The number of nitrogens with one attached hydrogen (secondary N) is 6. The SMILES string of the molecule is Cc1c(C)c(S(=O)(=O)NC(N)=NCCC[C@H](NC(=O)CNC(=O)[C@H]2C[C@@H]3C=C[C@H]2C3)C(=O)NCC(=O)N[C@@H](CC(=O)OC(C)(C)C)C(=O)N[C@@H](COC(C)(C)C)C(=O)O)c(C)c2c1CC(C)(C)O2. The Morgan fingerprint density at radius 1 is 0.853 bits per heavy atom. The second-order valence-electron chi connectivity index (χ2n) is 20.2. The van der Waals surface area contributed by atoms with Crippen molar-refractivity contribution < 1.29 is 61.3 Å². The quantitative estimate of drug-likeness (QED) is 0.0283. The number of carboxylic acids is 1. The number of fused-ring (bicyclic) bond motifs is 3. The number of nitrogens with two attached hydrogens (primary N) is 1. The fourth-order valence-corrected chi connectivity index (χ4v) is 9.85. The summed E-state index contributed by atoms with van der Waals surface area (Å²) in [7, 11) is -4.24. The van der Waals surface area contributed by atoms with Crippen molar-refractivity contribution in [2.24, 2.45) is 28.5 Å². The molecule has 6 atom stereocenters. The lowest BCUT2D eigenvalue weighted by atomic mass is 9.93. The van der Waals surface area contributed by atoms with Crippen molar-refractivity contribution >= 4 is 57.5 Å². The number of ether oxygens (including phenoxy) is 3. The van der Waals surface area contributed by atoms with Crippen LogP contribution in [0.1, 0.15) is 110 Å². The molecule has 0 radical (unpaired) electrons. The van der Waals surface area contributed by atoms with E-state index in [2.05, 4.69) is 42.4 Å². The molecule has 2 bridgehead atoms. The summed E-state index contributed by atoms with van der Waals surface area (Å²) < 4.78 is 46.7. The molecular formula is C46H70N8O13S. The zero-order valence-electron chi connectivity index (χ0n) is 41.0. The molecule has 2 aliphatic carbocycles. The number of benzene rings is 1. The number of sulfonamides is 1. The van der Waals surface area contributed by atoms with Crippen LogP contribution in [0, 0.1) is 38.5 Å². The molecule has 0 aromatic heterocycles. The lowest BCUT2D eigenvalue weighted by Crippen LogP contribution is -2.56. The number of nitrogens with zero attached hydrogens (tertiary/aromatic N) is 1. The van der Waals surface area contributed by atoms with E-state index < -0.39 is 113 Å². The molecule has 1 aromatic carbocycles. The zero-order valence-corrected chi connectivity index (χ0v) is 41.8. The molecule has 3 aliphatic rings. The Labute approximate surface area is 398 Å². The van der Waals surface area contributed by atoms with Gasteiger partial charge in [0.1, 0.15) is 29.0 Å². The number of amides is 5. The van der Waals surface area contributed by atoms with Crippen molar-refractivity contribution in [2.45, 2.75) is 155 Å². The van der Waals surface area contributed by atoms with Crippen LogP contribution in [0.4, 0.5) is 0 Å². The standard InChI is InChI=1S/C46H70N8O13S/c1-24-25(2)38(26(3)37-30(24)20-46(10,11)67-37)68(63,64)54-43(47)48-16-12-13-31(51-34(55)21-49-39(58)29-18-27-14-15-28(29)17-27)40(59)50-22-35(56)52-32(19-36(57)66-45(7,8)9)41(60)53-33(42(61)62)23-65-44(4,5)6/h14-15,27-29,31-33H,12-13,16-23H2,1-11H3,(H,49,58)(H,50,59)(H,51,55)(H,52,56)(H,53,60)(H,61,62)(H3,47,48,54)/t27-,28+,29+,31+,32+,33+/m1/s1. The molecule has 22 heteroatoms. The minimum absolute atomic E-state index is 0.0176. The van der Waals surface area contributed by atoms with Crippen LogP contribution in [0.3, 0.4) is 0 Å². The smallest absolute Gasteiger partial charge is 0.328 e. The van der Waals surface area contributed by atoms with Gasteiger partial charge < -0.3 is 51.6 Å². The fraction of sp³-hybridized carbons (Fsp3) is 0.652. The first-order valence-electron chi connectivity index (χ1n) is 22.7. The maximum atomic E-state index is 13.7. The highest BCUT2D eigenvalue weighted by atomic mass is 32.2. The maximum Gasteiger partial charge on any atom is 0.328 e. The maximum absolute atomic E-state index is 13.7. The van der Waals surface area contributed by atoms with Crippen molar-refractivity contribution in [2.75, 3.05) is 26.2 Å². The van der Waals surface area contributed by atoms with Crippen LogP contribution in [0.15, 0.2) is 22.0 Å². The van der Waals surface area contributed by atoms with Gasteiger partial charge in [0.15, 0.2) is 6.04 Å². The van der Waals surface area contributed by atoms with E-state index in [1.807, 2.05) is 26.8 Å². The van der Waals surface area contributed by atoms with Gasteiger partial charge in [-0.15, -0.1) is 0 Å². The van der Waals surface area contributed by atoms with E-state index in [0.717, 1.165) is 17.5 Å². The van der Waals surface area contributed by atoms with Crippen LogP contribution in [-0.4, -0.2) is 122 Å². The molecule has 5 amide bonds. The average molecular weight is 975 g/mol. The van der Waals surface area contributed by atoms with Gasteiger partial charge >= 0.3 is 11.9 Å². The molecule has 9 N–H and O–H groups in total. The number of allylic oxidation sites excluding steroid dienone is 2. The van der Waals surface area contributed by atoms with Gasteiger partial charge in [0.2, 0.25) is 35.5 Å². The van der Waals surface area contributed by atoms with Crippen LogP contribution < -0.4 is 41.8 Å². The third-order valence-electron chi connectivity index (χ3n) is 11.6. The number of rotatable bonds is 21. The summed E-state index contributed by atoms with van der Waals surface area (Å²) in [4.78, 5) is 95.4. The summed E-state index contributed by atoms with van der Waals surface area (Å²) in [5.41, 5.74) is 6.54. The Hall–Kier alpha value is -5.77. The number of guanidine groups is 1. The summed E-state index contributed by atoms with van der Waals surface area (Å²) in [5.74, 6) is -5.95. The van der Waals surface area contributed by atoms with E-state index in [4.69, 9.17) is 19.9 Å². The van der Waals surface area contributed by atoms with E-state index in [0.29, 0.717) is 35.6 Å². The van der Waals surface area contributed by atoms with Crippen LogP contribution in [0.2, 0.25) is 0 Å². The predicted octanol–water partition coefficient (Wildman–Crippen LogP) is 1.23. The number of carbonyl (C=O) groups excluding carboxylic acids is 6. The van der Waals surface area contributed by atoms with Crippen molar-refractivity contribution in [1.29, 1.82) is 0 Å². The number of hydrogen-bond donors (Lipinski definition) is 8. The first-order valence-corrected chi connectivity index (χ1v) is 24.2. The number of esters is 1. The Balaban J connectivity index is 1.44. The number of carbonyl (C=O) groups is 7. The van der Waals surface area contributed by atoms with E-state index >= 15 is 0 Å². The van der Waals surface area contributed by atoms with Gasteiger partial charge in [0.05, 0.1) is 36.6 Å². The van der Waals surface area contributed by atoms with E-state index in [1.165, 1.54) is 0 Å². The van der Waals surface area contributed by atoms with Crippen molar-refractivity contribution in [3.63, 3.8) is 0 Å². The topological polar surface area (TPSA) is 312 Å². The van der Waals surface area contributed by atoms with Crippen LogP contribution in [0.25, 0.3) is 0 Å². The van der Waals surface area contributed by atoms with Crippen LogP contribution in [0.5, 0.6) is 5.75 Å². The summed E-state index contributed by atoms with van der Waals surface area (Å²) in [6.07, 6.45) is 5.52. The van der Waals surface area contributed by atoms with Gasteiger partial charge in [-0.05, 0) is 125 Å². The highest BCUT2D eigenvalue weighted by Gasteiger charge is 2.40. The van der Waals surface area contributed by atoms with Crippen molar-refractivity contribution in [3.05, 3.63) is 34.4 Å². The van der Waals surface area contributed by atoms with E-state index in [-0.39, 0.29) is 42.0 Å². The van der Waals surface area contributed by atoms with Crippen molar-refractivity contribution in [3.8, 4) is 5.75 Å². The zero-order chi connectivity index (χ0) is 51.1. The highest BCUT2D eigenvalue weighted by molar-refractivity contribution is 7.90. The van der Waals surface area contributed by atoms with E-state index in [9.17, 15) is 47.1 Å². The predicted molar refractivity (Wildman–Crippen MR) is 250 cm³/mol. The Morgan fingerprint density at radius 2 is 1.49 bits per heavy atom. The minimum atomic E-state index is -4.24. The molecule has 0 unspecified atom stereocenters. The molecule has 378 valence electrons.